The zero-order valence-electron chi connectivity index (χ0n) is 29.8. The van der Waals surface area contributed by atoms with E-state index >= 15 is 0 Å². The lowest BCUT2D eigenvalue weighted by molar-refractivity contribution is 0.669. The highest BCUT2D eigenvalue weighted by molar-refractivity contribution is 7.26. The molecule has 0 saturated carbocycles. The summed E-state index contributed by atoms with van der Waals surface area (Å²) in [5.74, 6) is 0. The Bertz CT molecular complexity index is 3200. The fourth-order valence-electron chi connectivity index (χ4n) is 8.24. The van der Waals surface area contributed by atoms with Gasteiger partial charge < -0.3 is 9.32 Å². The molecule has 0 atom stereocenters. The van der Waals surface area contributed by atoms with Gasteiger partial charge in [-0.3, -0.25) is 0 Å². The van der Waals surface area contributed by atoms with Crippen LogP contribution in [0.25, 0.3) is 86.3 Å². The first-order chi connectivity index (χ1) is 27.2. The molecular weight excluding hydrogens is 687 g/mol. The molecule has 2 nitrogen and oxygen atoms in total. The molecule has 0 aliphatic carbocycles. The van der Waals surface area contributed by atoms with Crippen molar-refractivity contribution in [3.63, 3.8) is 0 Å². The Morgan fingerprint density at radius 2 is 0.964 bits per heavy atom. The molecular formula is C52H33NOS. The van der Waals surface area contributed by atoms with Crippen LogP contribution in [0, 0.1) is 0 Å². The largest absolute Gasteiger partial charge is 0.456 e. The van der Waals surface area contributed by atoms with Crippen LogP contribution in [0.1, 0.15) is 0 Å². The molecule has 2 aromatic heterocycles. The fraction of sp³-hybridized carbons (Fsp3) is 0. The Balaban J connectivity index is 1.18. The van der Waals surface area contributed by atoms with Crippen LogP contribution >= 0.6 is 11.3 Å². The van der Waals surface area contributed by atoms with Crippen LogP contribution in [-0.4, -0.2) is 0 Å². The number of furan rings is 1. The molecule has 0 unspecified atom stereocenters. The van der Waals surface area contributed by atoms with E-state index in [1.165, 1.54) is 64.3 Å². The van der Waals surface area contributed by atoms with Crippen LogP contribution in [0.3, 0.4) is 0 Å². The van der Waals surface area contributed by atoms with E-state index in [2.05, 4.69) is 193 Å². The molecule has 3 heteroatoms. The lowest BCUT2D eigenvalue weighted by Crippen LogP contribution is -2.10. The van der Waals surface area contributed by atoms with Crippen molar-refractivity contribution in [3.05, 3.63) is 200 Å². The van der Waals surface area contributed by atoms with Gasteiger partial charge in [-0.15, -0.1) is 11.3 Å². The van der Waals surface area contributed by atoms with E-state index in [4.69, 9.17) is 4.42 Å². The standard InChI is InChI=1S/C52H33NOS/c1-2-12-34(13-3-1)35-24-26-39(27-25-35)53(40-28-29-50-48(33-40)45-17-6-8-22-49(45)54-50)41-31-37(43-19-10-15-36-14-4-5-16-42(36)43)30-38(32-41)44-20-11-21-47-46-18-7-9-23-51(46)55-52(44)47/h1-33H. The van der Waals surface area contributed by atoms with Crippen LogP contribution in [0.15, 0.2) is 205 Å². The van der Waals surface area contributed by atoms with Gasteiger partial charge in [0.05, 0.1) is 0 Å². The molecule has 9 aromatic carbocycles. The number of nitrogens with zero attached hydrogens (tertiary/aromatic N) is 1. The molecule has 0 saturated heterocycles. The van der Waals surface area contributed by atoms with Gasteiger partial charge >= 0.3 is 0 Å². The lowest BCUT2D eigenvalue weighted by atomic mass is 9.93. The molecule has 55 heavy (non-hydrogen) atoms. The Morgan fingerprint density at radius 1 is 0.345 bits per heavy atom. The molecule has 0 bridgehead atoms. The van der Waals surface area contributed by atoms with Crippen LogP contribution in [0.5, 0.6) is 0 Å². The lowest BCUT2D eigenvalue weighted by Gasteiger charge is -2.27. The summed E-state index contributed by atoms with van der Waals surface area (Å²) >= 11 is 1.87. The first-order valence-electron chi connectivity index (χ1n) is 18.7. The van der Waals surface area contributed by atoms with Gasteiger partial charge in [0.1, 0.15) is 11.2 Å². The Labute approximate surface area is 322 Å². The molecule has 0 N–H and O–H groups in total. The van der Waals surface area contributed by atoms with E-state index in [0.29, 0.717) is 0 Å². The van der Waals surface area contributed by atoms with Gasteiger partial charge in [0.25, 0.3) is 0 Å². The number of para-hydroxylation sites is 1. The van der Waals surface area contributed by atoms with E-state index < -0.39 is 0 Å². The Kier molecular flexibility index (Phi) is 7.39. The average Bonchev–Trinajstić information content (AvgIpc) is 3.82. The van der Waals surface area contributed by atoms with Crippen molar-refractivity contribution in [2.24, 2.45) is 0 Å². The summed E-state index contributed by atoms with van der Waals surface area (Å²) in [6, 6.07) is 72.4. The summed E-state index contributed by atoms with van der Waals surface area (Å²) in [6.45, 7) is 0. The summed E-state index contributed by atoms with van der Waals surface area (Å²) in [6.07, 6.45) is 0. The molecule has 11 aromatic rings. The van der Waals surface area contributed by atoms with E-state index in [0.717, 1.165) is 39.0 Å². The maximum Gasteiger partial charge on any atom is 0.135 e. The molecule has 11 rings (SSSR count). The van der Waals surface area contributed by atoms with Gasteiger partial charge in [-0.05, 0) is 105 Å². The van der Waals surface area contributed by atoms with Gasteiger partial charge in [0.2, 0.25) is 0 Å². The van der Waals surface area contributed by atoms with Crippen molar-refractivity contribution in [2.75, 3.05) is 4.90 Å². The minimum atomic E-state index is 0.881. The van der Waals surface area contributed by atoms with Gasteiger partial charge in [-0.1, -0.05) is 140 Å². The third-order valence-electron chi connectivity index (χ3n) is 10.8. The zero-order chi connectivity index (χ0) is 36.3. The Morgan fingerprint density at radius 3 is 1.84 bits per heavy atom. The second kappa shape index (κ2) is 12.9. The average molecular weight is 720 g/mol. The highest BCUT2D eigenvalue weighted by Gasteiger charge is 2.20. The number of rotatable bonds is 6. The Hall–Kier alpha value is -6.94. The summed E-state index contributed by atoms with van der Waals surface area (Å²) in [5.41, 5.74) is 12.2. The van der Waals surface area contributed by atoms with Crippen molar-refractivity contribution in [2.45, 2.75) is 0 Å². The second-order valence-corrected chi connectivity index (χ2v) is 15.2. The minimum Gasteiger partial charge on any atom is -0.456 e. The number of thiophene rings is 1. The van der Waals surface area contributed by atoms with Gasteiger partial charge in [0, 0.05) is 48.0 Å². The number of hydrogen-bond donors (Lipinski definition) is 0. The van der Waals surface area contributed by atoms with Crippen molar-refractivity contribution < 1.29 is 4.42 Å². The van der Waals surface area contributed by atoms with Crippen LogP contribution in [-0.2, 0) is 0 Å². The number of benzene rings is 9. The normalized spacial score (nSPS) is 11.6. The van der Waals surface area contributed by atoms with E-state index in [1.54, 1.807) is 0 Å². The maximum atomic E-state index is 6.31. The van der Waals surface area contributed by atoms with Gasteiger partial charge in [0.15, 0.2) is 0 Å². The third-order valence-corrected chi connectivity index (χ3v) is 12.1. The topological polar surface area (TPSA) is 16.4 Å². The van der Waals surface area contributed by atoms with Crippen LogP contribution in [0.4, 0.5) is 17.1 Å². The summed E-state index contributed by atoms with van der Waals surface area (Å²) in [4.78, 5) is 2.40. The molecule has 2 heterocycles. The smallest absolute Gasteiger partial charge is 0.135 e. The fourth-order valence-corrected chi connectivity index (χ4v) is 9.48. The van der Waals surface area contributed by atoms with Crippen molar-refractivity contribution in [1.82, 2.24) is 0 Å². The molecule has 0 aliphatic heterocycles. The summed E-state index contributed by atoms with van der Waals surface area (Å²) in [5, 5.41) is 7.26. The van der Waals surface area contributed by atoms with E-state index in [1.807, 2.05) is 23.5 Å². The maximum absolute atomic E-state index is 6.31. The molecule has 0 aliphatic rings. The first kappa shape index (κ1) is 31.6. The zero-order valence-corrected chi connectivity index (χ0v) is 30.6. The predicted octanol–water partition coefficient (Wildman–Crippen LogP) is 15.6. The van der Waals surface area contributed by atoms with E-state index in [-0.39, 0.29) is 0 Å². The highest BCUT2D eigenvalue weighted by Crippen LogP contribution is 2.46. The van der Waals surface area contributed by atoms with Crippen molar-refractivity contribution in [1.29, 1.82) is 0 Å². The SMILES string of the molecule is c1ccc(-c2ccc(N(c3cc(-c4cccc5ccccc45)cc(-c4cccc5c4sc4ccccc45)c3)c3ccc4oc5ccccc5c4c3)cc2)cc1. The van der Waals surface area contributed by atoms with Crippen molar-refractivity contribution in [3.8, 4) is 33.4 Å². The second-order valence-electron chi connectivity index (χ2n) is 14.1. The monoisotopic (exact) mass is 719 g/mol. The third kappa shape index (κ3) is 5.40. The number of fused-ring (bicyclic) bond motifs is 7. The molecule has 0 amide bonds. The molecule has 0 spiro atoms. The van der Waals surface area contributed by atoms with Crippen molar-refractivity contribution >= 4 is 81.3 Å². The van der Waals surface area contributed by atoms with Crippen LogP contribution in [0.2, 0.25) is 0 Å². The number of hydrogen-bond acceptors (Lipinski definition) is 3. The van der Waals surface area contributed by atoms with Crippen LogP contribution < -0.4 is 4.90 Å². The first-order valence-corrected chi connectivity index (χ1v) is 19.5. The predicted molar refractivity (Wildman–Crippen MR) is 235 cm³/mol. The number of anilines is 3. The molecule has 0 fully saturated rings. The molecule has 0 radical (unpaired) electrons. The highest BCUT2D eigenvalue weighted by atomic mass is 32.1. The van der Waals surface area contributed by atoms with E-state index in [9.17, 15) is 0 Å². The van der Waals surface area contributed by atoms with Gasteiger partial charge in [-0.25, -0.2) is 0 Å². The minimum absolute atomic E-state index is 0.881. The summed E-state index contributed by atoms with van der Waals surface area (Å²) in [7, 11) is 0. The molecule has 258 valence electrons. The van der Waals surface area contributed by atoms with Gasteiger partial charge in [-0.2, -0.15) is 0 Å². The quantitative estimate of drug-likeness (QED) is 0.170. The summed E-state index contributed by atoms with van der Waals surface area (Å²) < 4.78 is 8.91.